The average molecular weight is 353 g/mol. The number of nitrogens with zero attached hydrogens (tertiary/aromatic N) is 4. The molecule has 0 unspecified atom stereocenters. The van der Waals surface area contributed by atoms with Gasteiger partial charge in [-0.05, 0) is 36.2 Å². The van der Waals surface area contributed by atoms with Gasteiger partial charge in [0.2, 0.25) is 0 Å². The molecule has 21 heavy (non-hydrogen) atoms. The molecule has 2 N–H and O–H groups in total. The average Bonchev–Trinajstić information content (AvgIpc) is 2.70. The number of rotatable bonds is 6. The molecule has 114 valence electrons. The second-order valence-electron chi connectivity index (χ2n) is 4.94. The maximum atomic E-state index is 4.42. The molecule has 0 bridgehead atoms. The Morgan fingerprint density at radius 3 is 2.43 bits per heavy atom. The van der Waals surface area contributed by atoms with Gasteiger partial charge in [-0.1, -0.05) is 6.92 Å². The predicted molar refractivity (Wildman–Crippen MR) is 88.5 cm³/mol. The van der Waals surface area contributed by atoms with Crippen LogP contribution in [0.2, 0.25) is 0 Å². The Kier molecular flexibility index (Phi) is 5.17. The Hall–Kier alpha value is -1.63. The second kappa shape index (κ2) is 6.89. The molecule has 7 heteroatoms. The van der Waals surface area contributed by atoms with Gasteiger partial charge in [-0.2, -0.15) is 5.10 Å². The third-order valence-corrected chi connectivity index (χ3v) is 4.17. The fraction of sp³-hybridized carbons (Fsp3) is 0.500. The van der Waals surface area contributed by atoms with Crippen LogP contribution < -0.4 is 10.6 Å². The number of aromatic nitrogens is 4. The number of hydrogen-bond acceptors (Lipinski definition) is 5. The predicted octanol–water partition coefficient (Wildman–Crippen LogP) is 3.02. The second-order valence-corrected chi connectivity index (χ2v) is 5.73. The third-order valence-electron chi connectivity index (χ3n) is 3.42. The monoisotopic (exact) mass is 352 g/mol. The van der Waals surface area contributed by atoms with Gasteiger partial charge in [0.1, 0.15) is 22.4 Å². The standard InChI is InChI=1S/C14H21BrN6/c1-5-6-16-13-12(15)14(19-8-18-13)17-7-11-9(2)20-21(4)10(11)3/h8H,5-7H2,1-4H3,(H2,16,17,18,19). The van der Waals surface area contributed by atoms with E-state index in [0.717, 1.165) is 40.5 Å². The minimum absolute atomic E-state index is 0.689. The Balaban J connectivity index is 2.13. The first-order valence-corrected chi connectivity index (χ1v) is 7.81. The van der Waals surface area contributed by atoms with Crippen LogP contribution in [0.5, 0.6) is 0 Å². The number of hydrogen-bond donors (Lipinski definition) is 2. The van der Waals surface area contributed by atoms with Crippen LogP contribution in [0.3, 0.4) is 0 Å². The van der Waals surface area contributed by atoms with E-state index in [2.05, 4.69) is 55.5 Å². The first-order valence-electron chi connectivity index (χ1n) is 7.01. The summed E-state index contributed by atoms with van der Waals surface area (Å²) in [6, 6.07) is 0. The molecule has 0 radical (unpaired) electrons. The number of aryl methyl sites for hydroxylation is 2. The molecular weight excluding hydrogens is 332 g/mol. The van der Waals surface area contributed by atoms with E-state index in [9.17, 15) is 0 Å². The maximum Gasteiger partial charge on any atom is 0.146 e. The minimum Gasteiger partial charge on any atom is -0.369 e. The lowest BCUT2D eigenvalue weighted by molar-refractivity contribution is 0.730. The molecule has 2 heterocycles. The lowest BCUT2D eigenvalue weighted by Gasteiger charge is -2.11. The van der Waals surface area contributed by atoms with Crippen molar-refractivity contribution in [3.63, 3.8) is 0 Å². The Labute approximate surface area is 133 Å². The molecular formula is C14H21BrN6. The normalized spacial score (nSPS) is 10.7. The molecule has 6 nitrogen and oxygen atoms in total. The summed E-state index contributed by atoms with van der Waals surface area (Å²) in [6.45, 7) is 7.78. The van der Waals surface area contributed by atoms with Gasteiger partial charge >= 0.3 is 0 Å². The van der Waals surface area contributed by atoms with Crippen LogP contribution in [0.15, 0.2) is 10.8 Å². The van der Waals surface area contributed by atoms with Crippen molar-refractivity contribution in [3.05, 3.63) is 27.8 Å². The highest BCUT2D eigenvalue weighted by atomic mass is 79.9. The molecule has 0 aliphatic rings. The van der Waals surface area contributed by atoms with E-state index >= 15 is 0 Å². The van der Waals surface area contributed by atoms with Crippen molar-refractivity contribution in [2.75, 3.05) is 17.2 Å². The van der Waals surface area contributed by atoms with Gasteiger partial charge in [0.15, 0.2) is 0 Å². The van der Waals surface area contributed by atoms with E-state index < -0.39 is 0 Å². The largest absolute Gasteiger partial charge is 0.369 e. The van der Waals surface area contributed by atoms with Crippen molar-refractivity contribution in [2.24, 2.45) is 7.05 Å². The molecule has 2 aromatic rings. The van der Waals surface area contributed by atoms with Crippen molar-refractivity contribution in [1.82, 2.24) is 19.7 Å². The zero-order valence-electron chi connectivity index (χ0n) is 12.9. The minimum atomic E-state index is 0.689. The smallest absolute Gasteiger partial charge is 0.146 e. The van der Waals surface area contributed by atoms with Crippen LogP contribution in [-0.2, 0) is 13.6 Å². The van der Waals surface area contributed by atoms with Crippen LogP contribution in [0.4, 0.5) is 11.6 Å². The van der Waals surface area contributed by atoms with E-state index in [1.807, 2.05) is 18.7 Å². The van der Waals surface area contributed by atoms with Crippen LogP contribution >= 0.6 is 15.9 Å². The van der Waals surface area contributed by atoms with Gasteiger partial charge in [0, 0.05) is 31.4 Å². The van der Waals surface area contributed by atoms with Gasteiger partial charge in [-0.15, -0.1) is 0 Å². The van der Waals surface area contributed by atoms with Crippen LogP contribution in [-0.4, -0.2) is 26.3 Å². The molecule has 0 spiro atoms. The molecule has 0 aliphatic heterocycles. The van der Waals surface area contributed by atoms with Gasteiger partial charge < -0.3 is 10.6 Å². The van der Waals surface area contributed by atoms with E-state index in [4.69, 9.17) is 0 Å². The SMILES string of the molecule is CCCNc1ncnc(NCc2c(C)nn(C)c2C)c1Br. The van der Waals surface area contributed by atoms with E-state index in [1.165, 1.54) is 5.56 Å². The summed E-state index contributed by atoms with van der Waals surface area (Å²) in [7, 11) is 1.96. The summed E-state index contributed by atoms with van der Waals surface area (Å²) < 4.78 is 2.76. The van der Waals surface area contributed by atoms with Crippen molar-refractivity contribution >= 4 is 27.6 Å². The quantitative estimate of drug-likeness (QED) is 0.836. The van der Waals surface area contributed by atoms with Gasteiger partial charge in [-0.3, -0.25) is 4.68 Å². The topological polar surface area (TPSA) is 67.7 Å². The van der Waals surface area contributed by atoms with E-state index in [1.54, 1.807) is 6.33 Å². The molecule has 0 saturated carbocycles. The Bertz CT molecular complexity index is 622. The molecule has 0 fully saturated rings. The Morgan fingerprint density at radius 2 is 1.86 bits per heavy atom. The first kappa shape index (κ1) is 15.8. The van der Waals surface area contributed by atoms with Crippen LogP contribution in [0, 0.1) is 13.8 Å². The molecule has 2 aromatic heterocycles. The van der Waals surface area contributed by atoms with E-state index in [0.29, 0.717) is 6.54 Å². The van der Waals surface area contributed by atoms with Crippen molar-refractivity contribution < 1.29 is 0 Å². The summed E-state index contributed by atoms with van der Waals surface area (Å²) >= 11 is 3.56. The van der Waals surface area contributed by atoms with Crippen LogP contribution in [0.25, 0.3) is 0 Å². The molecule has 0 aliphatic carbocycles. The number of anilines is 2. The summed E-state index contributed by atoms with van der Waals surface area (Å²) in [5, 5.41) is 11.0. The highest BCUT2D eigenvalue weighted by Crippen LogP contribution is 2.27. The lowest BCUT2D eigenvalue weighted by Crippen LogP contribution is -2.08. The van der Waals surface area contributed by atoms with Crippen molar-refractivity contribution in [2.45, 2.75) is 33.7 Å². The molecule has 0 saturated heterocycles. The molecule has 2 rings (SSSR count). The van der Waals surface area contributed by atoms with Crippen LogP contribution in [0.1, 0.15) is 30.3 Å². The van der Waals surface area contributed by atoms with Gasteiger partial charge in [-0.25, -0.2) is 9.97 Å². The van der Waals surface area contributed by atoms with Crippen molar-refractivity contribution in [3.8, 4) is 0 Å². The summed E-state index contributed by atoms with van der Waals surface area (Å²) in [6.07, 6.45) is 2.61. The highest BCUT2D eigenvalue weighted by Gasteiger charge is 2.12. The third kappa shape index (κ3) is 3.53. The number of nitrogens with one attached hydrogen (secondary N) is 2. The van der Waals surface area contributed by atoms with Gasteiger partial charge in [0.05, 0.1) is 5.69 Å². The van der Waals surface area contributed by atoms with E-state index in [-0.39, 0.29) is 0 Å². The zero-order chi connectivity index (χ0) is 15.4. The van der Waals surface area contributed by atoms with Crippen molar-refractivity contribution in [1.29, 1.82) is 0 Å². The zero-order valence-corrected chi connectivity index (χ0v) is 14.5. The fourth-order valence-corrected chi connectivity index (χ4v) is 2.59. The maximum absolute atomic E-state index is 4.42. The van der Waals surface area contributed by atoms with Gasteiger partial charge in [0.25, 0.3) is 0 Å². The number of halogens is 1. The Morgan fingerprint density at radius 1 is 1.19 bits per heavy atom. The first-order chi connectivity index (χ1) is 10.0. The molecule has 0 amide bonds. The molecule has 0 atom stereocenters. The highest BCUT2D eigenvalue weighted by molar-refractivity contribution is 9.10. The fourth-order valence-electron chi connectivity index (χ4n) is 2.11. The summed E-state index contributed by atoms with van der Waals surface area (Å²) in [4.78, 5) is 8.54. The lowest BCUT2D eigenvalue weighted by atomic mass is 10.2. The summed E-state index contributed by atoms with van der Waals surface area (Å²) in [5.74, 6) is 1.60. The summed E-state index contributed by atoms with van der Waals surface area (Å²) in [5.41, 5.74) is 3.40. The molecule has 0 aromatic carbocycles.